The van der Waals surface area contributed by atoms with Crippen LogP contribution in [0.3, 0.4) is 0 Å². The number of benzene rings is 2. The Bertz CT molecular complexity index is 934. The van der Waals surface area contributed by atoms with Crippen molar-refractivity contribution in [2.24, 2.45) is 5.92 Å². The number of aryl methyl sites for hydroxylation is 1. The standard InChI is InChI=1S/C24H27N3O2/c1-18-9-11-21(12-10-18)22-14-23(29-26-22)24(28)25-15-20-8-5-13-27(17-20)16-19-6-3-2-4-7-19/h2-4,6-7,9-12,14,20H,5,8,13,15-17H2,1H3,(H,25,28). The lowest BCUT2D eigenvalue weighted by Crippen LogP contribution is -2.40. The Kier molecular flexibility index (Phi) is 6.06. The number of rotatable bonds is 6. The number of carbonyl (C=O) groups excluding carboxylic acids is 1. The molecule has 0 spiro atoms. The molecule has 0 saturated carbocycles. The maximum atomic E-state index is 12.5. The smallest absolute Gasteiger partial charge is 0.289 e. The van der Waals surface area contributed by atoms with E-state index in [1.54, 1.807) is 6.07 Å². The fourth-order valence-corrected chi connectivity index (χ4v) is 3.87. The highest BCUT2D eigenvalue weighted by atomic mass is 16.5. The minimum atomic E-state index is -0.198. The van der Waals surface area contributed by atoms with Crippen molar-refractivity contribution < 1.29 is 9.32 Å². The van der Waals surface area contributed by atoms with Crippen LogP contribution in [0.25, 0.3) is 11.3 Å². The zero-order chi connectivity index (χ0) is 20.1. The third kappa shape index (κ3) is 5.12. The third-order valence-corrected chi connectivity index (χ3v) is 5.48. The summed E-state index contributed by atoms with van der Waals surface area (Å²) in [6.07, 6.45) is 2.30. The van der Waals surface area contributed by atoms with Gasteiger partial charge in [0.25, 0.3) is 5.91 Å². The Morgan fingerprint density at radius 3 is 2.76 bits per heavy atom. The van der Waals surface area contributed by atoms with E-state index in [1.807, 2.05) is 37.3 Å². The van der Waals surface area contributed by atoms with Gasteiger partial charge in [0.05, 0.1) is 0 Å². The van der Waals surface area contributed by atoms with Crippen LogP contribution in [0.4, 0.5) is 0 Å². The van der Waals surface area contributed by atoms with Gasteiger partial charge < -0.3 is 9.84 Å². The van der Waals surface area contributed by atoms with Crippen LogP contribution in [0.5, 0.6) is 0 Å². The van der Waals surface area contributed by atoms with Crippen molar-refractivity contribution in [3.8, 4) is 11.3 Å². The molecule has 150 valence electrons. The van der Waals surface area contributed by atoms with Crippen molar-refractivity contribution >= 4 is 5.91 Å². The Morgan fingerprint density at radius 2 is 1.97 bits per heavy atom. The number of hydrogen-bond acceptors (Lipinski definition) is 4. The van der Waals surface area contributed by atoms with Crippen LogP contribution in [0, 0.1) is 12.8 Å². The van der Waals surface area contributed by atoms with Gasteiger partial charge in [-0.15, -0.1) is 0 Å². The van der Waals surface area contributed by atoms with Gasteiger partial charge in [-0.05, 0) is 37.8 Å². The van der Waals surface area contributed by atoms with E-state index >= 15 is 0 Å². The summed E-state index contributed by atoms with van der Waals surface area (Å²) in [5.41, 5.74) is 4.15. The predicted octanol–water partition coefficient (Wildman–Crippen LogP) is 4.29. The number of amides is 1. The second-order valence-electron chi connectivity index (χ2n) is 7.88. The highest BCUT2D eigenvalue weighted by Gasteiger charge is 2.22. The highest BCUT2D eigenvalue weighted by Crippen LogP contribution is 2.21. The molecule has 2 aromatic carbocycles. The first kappa shape index (κ1) is 19.4. The van der Waals surface area contributed by atoms with E-state index in [-0.39, 0.29) is 11.7 Å². The number of aromatic nitrogens is 1. The highest BCUT2D eigenvalue weighted by molar-refractivity contribution is 5.92. The van der Waals surface area contributed by atoms with Gasteiger partial charge >= 0.3 is 0 Å². The topological polar surface area (TPSA) is 58.4 Å². The average Bonchev–Trinajstić information content (AvgIpc) is 3.24. The molecule has 1 fully saturated rings. The van der Waals surface area contributed by atoms with Gasteiger partial charge in [-0.25, -0.2) is 0 Å². The number of likely N-dealkylation sites (tertiary alicyclic amines) is 1. The number of hydrogen-bond donors (Lipinski definition) is 1. The summed E-state index contributed by atoms with van der Waals surface area (Å²) >= 11 is 0. The summed E-state index contributed by atoms with van der Waals surface area (Å²) < 4.78 is 5.28. The molecule has 0 aliphatic carbocycles. The van der Waals surface area contributed by atoms with Crippen molar-refractivity contribution in [1.29, 1.82) is 0 Å². The number of nitrogens with one attached hydrogen (secondary N) is 1. The normalized spacial score (nSPS) is 17.2. The molecule has 1 aliphatic rings. The first-order chi connectivity index (χ1) is 14.2. The zero-order valence-electron chi connectivity index (χ0n) is 16.8. The van der Waals surface area contributed by atoms with Gasteiger partial charge in [0.2, 0.25) is 5.76 Å². The van der Waals surface area contributed by atoms with E-state index in [2.05, 4.69) is 39.6 Å². The summed E-state index contributed by atoms with van der Waals surface area (Å²) in [6, 6.07) is 20.3. The van der Waals surface area contributed by atoms with E-state index < -0.39 is 0 Å². The molecule has 1 amide bonds. The quantitative estimate of drug-likeness (QED) is 0.683. The minimum Gasteiger partial charge on any atom is -0.350 e. The molecule has 5 heteroatoms. The Balaban J connectivity index is 1.29. The molecule has 3 aromatic rings. The summed E-state index contributed by atoms with van der Waals surface area (Å²) in [7, 11) is 0. The SMILES string of the molecule is Cc1ccc(-c2cc(C(=O)NCC3CCCN(Cc4ccccc4)C3)on2)cc1. The molecule has 1 unspecified atom stereocenters. The van der Waals surface area contributed by atoms with Crippen LogP contribution in [-0.2, 0) is 6.54 Å². The summed E-state index contributed by atoms with van der Waals surface area (Å²) in [5.74, 6) is 0.518. The molecular formula is C24H27N3O2. The first-order valence-corrected chi connectivity index (χ1v) is 10.3. The molecule has 1 N–H and O–H groups in total. The van der Waals surface area contributed by atoms with Crippen molar-refractivity contribution in [3.63, 3.8) is 0 Å². The molecule has 1 saturated heterocycles. The monoisotopic (exact) mass is 389 g/mol. The van der Waals surface area contributed by atoms with Crippen LogP contribution >= 0.6 is 0 Å². The fraction of sp³-hybridized carbons (Fsp3) is 0.333. The summed E-state index contributed by atoms with van der Waals surface area (Å²) in [5, 5.41) is 7.07. The second kappa shape index (κ2) is 9.05. The predicted molar refractivity (Wildman–Crippen MR) is 113 cm³/mol. The maximum absolute atomic E-state index is 12.5. The van der Waals surface area contributed by atoms with E-state index in [0.29, 0.717) is 18.2 Å². The van der Waals surface area contributed by atoms with Crippen molar-refractivity contribution in [2.75, 3.05) is 19.6 Å². The van der Waals surface area contributed by atoms with Crippen LogP contribution in [0.1, 0.15) is 34.5 Å². The number of piperidine rings is 1. The van der Waals surface area contributed by atoms with E-state index in [1.165, 1.54) is 11.1 Å². The van der Waals surface area contributed by atoms with Gasteiger partial charge in [-0.3, -0.25) is 9.69 Å². The van der Waals surface area contributed by atoms with E-state index in [9.17, 15) is 4.79 Å². The molecule has 0 bridgehead atoms. The van der Waals surface area contributed by atoms with E-state index in [4.69, 9.17) is 4.52 Å². The molecule has 4 rings (SSSR count). The van der Waals surface area contributed by atoms with Crippen molar-refractivity contribution in [2.45, 2.75) is 26.3 Å². The summed E-state index contributed by atoms with van der Waals surface area (Å²) in [4.78, 5) is 15.0. The number of carbonyl (C=O) groups is 1. The molecule has 1 aliphatic heterocycles. The van der Waals surface area contributed by atoms with Crippen LogP contribution in [0.15, 0.2) is 65.2 Å². The molecule has 29 heavy (non-hydrogen) atoms. The molecule has 1 atom stereocenters. The molecule has 0 radical (unpaired) electrons. The zero-order valence-corrected chi connectivity index (χ0v) is 16.8. The molecule has 2 heterocycles. The summed E-state index contributed by atoms with van der Waals surface area (Å²) in [6.45, 7) is 5.78. The lowest BCUT2D eigenvalue weighted by atomic mass is 9.97. The minimum absolute atomic E-state index is 0.198. The number of nitrogens with zero attached hydrogens (tertiary/aromatic N) is 2. The van der Waals surface area contributed by atoms with Crippen LogP contribution in [0.2, 0.25) is 0 Å². The Morgan fingerprint density at radius 1 is 1.17 bits per heavy atom. The molecule has 5 nitrogen and oxygen atoms in total. The van der Waals surface area contributed by atoms with Crippen LogP contribution in [-0.4, -0.2) is 35.6 Å². The maximum Gasteiger partial charge on any atom is 0.289 e. The molecular weight excluding hydrogens is 362 g/mol. The lowest BCUT2D eigenvalue weighted by Gasteiger charge is -2.32. The van der Waals surface area contributed by atoms with Gasteiger partial charge in [-0.1, -0.05) is 65.3 Å². The van der Waals surface area contributed by atoms with Gasteiger partial charge in [0.1, 0.15) is 5.69 Å². The fourth-order valence-electron chi connectivity index (χ4n) is 3.87. The average molecular weight is 389 g/mol. The Labute approximate surface area is 171 Å². The Hall–Kier alpha value is -2.92. The van der Waals surface area contributed by atoms with Crippen molar-refractivity contribution in [1.82, 2.24) is 15.4 Å². The van der Waals surface area contributed by atoms with Gasteiger partial charge in [0, 0.05) is 31.3 Å². The third-order valence-electron chi connectivity index (χ3n) is 5.48. The lowest BCUT2D eigenvalue weighted by molar-refractivity contribution is 0.0894. The van der Waals surface area contributed by atoms with Gasteiger partial charge in [-0.2, -0.15) is 0 Å². The van der Waals surface area contributed by atoms with Gasteiger partial charge in [0.15, 0.2) is 0 Å². The van der Waals surface area contributed by atoms with Crippen molar-refractivity contribution in [3.05, 3.63) is 77.6 Å². The van der Waals surface area contributed by atoms with E-state index in [0.717, 1.165) is 38.0 Å². The van der Waals surface area contributed by atoms with Crippen LogP contribution < -0.4 is 5.32 Å². The second-order valence-corrected chi connectivity index (χ2v) is 7.88. The first-order valence-electron chi connectivity index (χ1n) is 10.3. The largest absolute Gasteiger partial charge is 0.350 e. The molecule has 1 aromatic heterocycles.